The van der Waals surface area contributed by atoms with Crippen LogP contribution in [0.5, 0.6) is 5.75 Å². The van der Waals surface area contributed by atoms with Crippen LogP contribution < -0.4 is 14.8 Å². The molecule has 128 valence electrons. The average molecular weight is 371 g/mol. The van der Waals surface area contributed by atoms with E-state index in [1.807, 2.05) is 55.5 Å². The first-order valence-corrected chi connectivity index (χ1v) is 9.25. The van der Waals surface area contributed by atoms with E-state index in [1.54, 1.807) is 12.5 Å². The van der Waals surface area contributed by atoms with E-state index in [1.165, 1.54) is 23.3 Å². The van der Waals surface area contributed by atoms with Gasteiger partial charge in [0, 0.05) is 10.3 Å². The summed E-state index contributed by atoms with van der Waals surface area (Å²) in [4.78, 5) is 17.6. The number of anilines is 2. The number of amides is 1. The Balaban J connectivity index is 1.68. The summed E-state index contributed by atoms with van der Waals surface area (Å²) < 4.78 is 8.43. The highest BCUT2D eigenvalue weighted by Gasteiger charge is 2.11. The third kappa shape index (κ3) is 4.52. The Morgan fingerprint density at radius 2 is 1.84 bits per heavy atom. The van der Waals surface area contributed by atoms with Crippen LogP contribution >= 0.6 is 23.3 Å². The molecule has 1 heterocycles. The first-order chi connectivity index (χ1) is 12.2. The lowest BCUT2D eigenvalue weighted by Crippen LogP contribution is -2.13. The van der Waals surface area contributed by atoms with Crippen molar-refractivity contribution in [3.05, 3.63) is 64.6 Å². The van der Waals surface area contributed by atoms with Crippen LogP contribution in [0.3, 0.4) is 0 Å². The van der Waals surface area contributed by atoms with E-state index in [-0.39, 0.29) is 5.91 Å². The number of nitrogens with one attached hydrogen (secondary N) is 2. The van der Waals surface area contributed by atoms with Crippen LogP contribution in [-0.4, -0.2) is 18.0 Å². The molecule has 3 aromatic rings. The maximum atomic E-state index is 12.3. The lowest BCUT2D eigenvalue weighted by atomic mass is 10.2. The fourth-order valence-corrected chi connectivity index (χ4v) is 3.36. The van der Waals surface area contributed by atoms with Gasteiger partial charge in [0.15, 0.2) is 0 Å². The van der Waals surface area contributed by atoms with Crippen molar-refractivity contribution in [2.45, 2.75) is 11.8 Å². The molecule has 0 fully saturated rings. The zero-order chi connectivity index (χ0) is 17.6. The topological polar surface area (TPSA) is 63.2 Å². The van der Waals surface area contributed by atoms with Gasteiger partial charge in [0.2, 0.25) is 0 Å². The lowest BCUT2D eigenvalue weighted by molar-refractivity contribution is 0.102. The SMILES string of the molecule is COc1ccc(SNc2ccccc2NC(=O)c2csc(C)n2)cc1. The molecule has 25 heavy (non-hydrogen) atoms. The highest BCUT2D eigenvalue weighted by Crippen LogP contribution is 2.28. The summed E-state index contributed by atoms with van der Waals surface area (Å²) in [6.45, 7) is 1.88. The summed E-state index contributed by atoms with van der Waals surface area (Å²) in [6.07, 6.45) is 0. The second-order valence-corrected chi connectivity index (χ2v) is 7.07. The Hall–Kier alpha value is -2.51. The minimum Gasteiger partial charge on any atom is -0.497 e. The van der Waals surface area contributed by atoms with Crippen molar-refractivity contribution in [3.63, 3.8) is 0 Å². The van der Waals surface area contributed by atoms with E-state index in [2.05, 4.69) is 15.0 Å². The quantitative estimate of drug-likeness (QED) is 0.608. The molecule has 0 saturated carbocycles. The van der Waals surface area contributed by atoms with Crippen molar-refractivity contribution < 1.29 is 9.53 Å². The molecule has 0 spiro atoms. The predicted molar refractivity (Wildman–Crippen MR) is 104 cm³/mol. The van der Waals surface area contributed by atoms with Crippen LogP contribution in [0, 0.1) is 6.92 Å². The summed E-state index contributed by atoms with van der Waals surface area (Å²) in [5.74, 6) is 0.601. The van der Waals surface area contributed by atoms with E-state index >= 15 is 0 Å². The van der Waals surface area contributed by atoms with Crippen molar-refractivity contribution in [2.75, 3.05) is 17.1 Å². The molecule has 2 aromatic carbocycles. The van der Waals surface area contributed by atoms with Gasteiger partial charge in [-0.15, -0.1) is 11.3 Å². The fraction of sp³-hybridized carbons (Fsp3) is 0.111. The largest absolute Gasteiger partial charge is 0.497 e. The summed E-state index contributed by atoms with van der Waals surface area (Å²) in [5, 5.41) is 5.53. The van der Waals surface area contributed by atoms with Gasteiger partial charge < -0.3 is 14.8 Å². The number of para-hydroxylation sites is 2. The summed E-state index contributed by atoms with van der Waals surface area (Å²) in [7, 11) is 1.64. The van der Waals surface area contributed by atoms with E-state index in [9.17, 15) is 4.79 Å². The highest BCUT2D eigenvalue weighted by atomic mass is 32.2. The molecule has 5 nitrogen and oxygen atoms in total. The maximum Gasteiger partial charge on any atom is 0.275 e. The van der Waals surface area contributed by atoms with E-state index < -0.39 is 0 Å². The van der Waals surface area contributed by atoms with Gasteiger partial charge in [0.1, 0.15) is 11.4 Å². The van der Waals surface area contributed by atoms with Crippen LogP contribution in [0.1, 0.15) is 15.5 Å². The number of nitrogens with zero attached hydrogens (tertiary/aromatic N) is 1. The number of rotatable bonds is 6. The van der Waals surface area contributed by atoms with Crippen LogP contribution in [0.4, 0.5) is 11.4 Å². The molecule has 0 bridgehead atoms. The molecule has 0 aliphatic carbocycles. The second kappa shape index (κ2) is 8.04. The monoisotopic (exact) mass is 371 g/mol. The van der Waals surface area contributed by atoms with Crippen LogP contribution in [0.15, 0.2) is 58.8 Å². The zero-order valence-corrected chi connectivity index (χ0v) is 15.4. The Labute approximate surface area is 154 Å². The number of aryl methyl sites for hydroxylation is 1. The van der Waals surface area contributed by atoms with Gasteiger partial charge in [-0.25, -0.2) is 4.98 Å². The number of carbonyl (C=O) groups excluding carboxylic acids is 1. The standard InChI is InChI=1S/C18H17N3O2S2/c1-12-19-17(11-24-12)18(22)20-15-5-3-4-6-16(15)21-25-14-9-7-13(23-2)8-10-14/h3-11,21H,1-2H3,(H,20,22). The van der Waals surface area contributed by atoms with Crippen LogP contribution in [0.2, 0.25) is 0 Å². The van der Waals surface area contributed by atoms with Gasteiger partial charge in [0.25, 0.3) is 5.91 Å². The molecule has 0 radical (unpaired) electrons. The summed E-state index contributed by atoms with van der Waals surface area (Å²) >= 11 is 2.92. The molecule has 0 aliphatic heterocycles. The second-order valence-electron chi connectivity index (χ2n) is 5.13. The molecule has 3 rings (SSSR count). The van der Waals surface area contributed by atoms with Gasteiger partial charge in [-0.05, 0) is 55.3 Å². The molecule has 0 unspecified atom stereocenters. The average Bonchev–Trinajstić information content (AvgIpc) is 3.08. The molecule has 1 amide bonds. The van der Waals surface area contributed by atoms with E-state index in [0.717, 1.165) is 21.3 Å². The molecule has 0 saturated heterocycles. The number of hydrogen-bond donors (Lipinski definition) is 2. The summed E-state index contributed by atoms with van der Waals surface area (Å²) in [5.41, 5.74) is 1.96. The Kier molecular flexibility index (Phi) is 5.57. The van der Waals surface area contributed by atoms with Crippen LogP contribution in [0.25, 0.3) is 0 Å². The number of hydrogen-bond acceptors (Lipinski definition) is 6. The molecule has 1 aromatic heterocycles. The van der Waals surface area contributed by atoms with Crippen molar-refractivity contribution >= 4 is 40.6 Å². The molecular weight excluding hydrogens is 354 g/mol. The molecular formula is C18H17N3O2S2. The summed E-state index contributed by atoms with van der Waals surface area (Å²) in [6, 6.07) is 15.3. The van der Waals surface area contributed by atoms with Crippen molar-refractivity contribution in [2.24, 2.45) is 0 Å². The van der Waals surface area contributed by atoms with Gasteiger partial charge in [-0.2, -0.15) is 0 Å². The number of thiazole rings is 1. The smallest absolute Gasteiger partial charge is 0.275 e. The maximum absolute atomic E-state index is 12.3. The van der Waals surface area contributed by atoms with Crippen molar-refractivity contribution in [1.29, 1.82) is 0 Å². The minimum atomic E-state index is -0.215. The third-order valence-electron chi connectivity index (χ3n) is 3.37. The van der Waals surface area contributed by atoms with Gasteiger partial charge in [0.05, 0.1) is 23.5 Å². The Morgan fingerprint density at radius 1 is 1.12 bits per heavy atom. The lowest BCUT2D eigenvalue weighted by Gasteiger charge is -2.12. The number of carbonyl (C=O) groups is 1. The first-order valence-electron chi connectivity index (χ1n) is 7.55. The van der Waals surface area contributed by atoms with Crippen LogP contribution in [-0.2, 0) is 0 Å². The molecule has 2 N–H and O–H groups in total. The van der Waals surface area contributed by atoms with E-state index in [4.69, 9.17) is 4.74 Å². The van der Waals surface area contributed by atoms with Gasteiger partial charge in [-0.1, -0.05) is 12.1 Å². The zero-order valence-electron chi connectivity index (χ0n) is 13.8. The van der Waals surface area contributed by atoms with E-state index in [0.29, 0.717) is 11.4 Å². The number of methoxy groups -OCH3 is 1. The minimum absolute atomic E-state index is 0.215. The molecule has 7 heteroatoms. The molecule has 0 atom stereocenters. The fourth-order valence-electron chi connectivity index (χ4n) is 2.09. The highest BCUT2D eigenvalue weighted by molar-refractivity contribution is 8.00. The first kappa shape index (κ1) is 17.3. The van der Waals surface area contributed by atoms with Gasteiger partial charge in [-0.3, -0.25) is 4.79 Å². The Bertz CT molecular complexity index is 863. The molecule has 0 aliphatic rings. The number of benzene rings is 2. The Morgan fingerprint density at radius 3 is 2.48 bits per heavy atom. The number of aromatic nitrogens is 1. The number of ether oxygens (including phenoxy) is 1. The van der Waals surface area contributed by atoms with Crippen molar-refractivity contribution in [1.82, 2.24) is 4.98 Å². The normalized spacial score (nSPS) is 10.3. The van der Waals surface area contributed by atoms with Gasteiger partial charge >= 0.3 is 0 Å². The predicted octanol–water partition coefficient (Wildman–Crippen LogP) is 4.83. The third-order valence-corrected chi connectivity index (χ3v) is 4.97. The van der Waals surface area contributed by atoms with Crippen molar-refractivity contribution in [3.8, 4) is 5.75 Å².